The molecule has 0 aromatic carbocycles. The highest BCUT2D eigenvalue weighted by Gasteiger charge is 2.08. The van der Waals surface area contributed by atoms with Crippen LogP contribution in [0.4, 0.5) is 0 Å². The molecule has 0 saturated heterocycles. The van der Waals surface area contributed by atoms with E-state index in [1.165, 1.54) is 6.08 Å². The first-order valence-electron chi connectivity index (χ1n) is 9.52. The molecular weight excluding hydrogens is 334 g/mol. The fourth-order valence-corrected chi connectivity index (χ4v) is 1.92. The van der Waals surface area contributed by atoms with Gasteiger partial charge in [-0.05, 0) is 36.5 Å². The fraction of sp³-hybridized carbons (Fsp3) is 0.682. The monoisotopic (exact) mass is 373 g/mol. The first-order valence-corrected chi connectivity index (χ1v) is 9.52. The number of allylic oxidation sites excluding steroid dienone is 4. The quantitative estimate of drug-likeness (QED) is 0.605. The summed E-state index contributed by atoms with van der Waals surface area (Å²) >= 11 is 0. The lowest BCUT2D eigenvalue weighted by atomic mass is 9.98. The third-order valence-electron chi connectivity index (χ3n) is 3.07. The molecular formula is C22H39N5. The maximum atomic E-state index is 8.79. The molecule has 0 bridgehead atoms. The maximum Gasteiger partial charge on any atom is 0.0967 e. The summed E-state index contributed by atoms with van der Waals surface area (Å²) in [6.07, 6.45) is 3.70. The van der Waals surface area contributed by atoms with Crippen LogP contribution in [-0.4, -0.2) is 0 Å². The molecule has 5 nitrogen and oxygen atoms in total. The van der Waals surface area contributed by atoms with E-state index in [2.05, 4.69) is 39.8 Å². The Hall–Kier alpha value is -2.45. The van der Waals surface area contributed by atoms with Gasteiger partial charge in [0, 0.05) is 23.9 Å². The number of rotatable bonds is 6. The van der Waals surface area contributed by atoms with Crippen molar-refractivity contribution in [3.05, 3.63) is 23.0 Å². The Bertz CT molecular complexity index is 561. The minimum Gasteiger partial charge on any atom is -0.401 e. The summed E-state index contributed by atoms with van der Waals surface area (Å²) in [5, 5.41) is 24.9. The van der Waals surface area contributed by atoms with Gasteiger partial charge in [0.15, 0.2) is 0 Å². The van der Waals surface area contributed by atoms with Crippen LogP contribution < -0.4 is 11.5 Å². The van der Waals surface area contributed by atoms with E-state index < -0.39 is 0 Å². The van der Waals surface area contributed by atoms with Gasteiger partial charge < -0.3 is 11.5 Å². The lowest BCUT2D eigenvalue weighted by Crippen LogP contribution is -2.08. The third-order valence-corrected chi connectivity index (χ3v) is 3.07. The van der Waals surface area contributed by atoms with Gasteiger partial charge in [-0.1, -0.05) is 55.4 Å². The molecule has 0 radical (unpaired) electrons. The topological polar surface area (TPSA) is 123 Å². The Balaban J connectivity index is -0.000000340. The van der Waals surface area contributed by atoms with Gasteiger partial charge in [-0.2, -0.15) is 15.8 Å². The summed E-state index contributed by atoms with van der Waals surface area (Å²) in [5.41, 5.74) is 13.4. The first kappa shape index (κ1) is 29.3. The predicted molar refractivity (Wildman–Crippen MR) is 114 cm³/mol. The maximum absolute atomic E-state index is 8.79. The predicted octanol–water partition coefficient (Wildman–Crippen LogP) is 5.38. The van der Waals surface area contributed by atoms with Crippen LogP contribution in [0, 0.1) is 57.7 Å². The van der Waals surface area contributed by atoms with Gasteiger partial charge in [0.2, 0.25) is 0 Å². The third kappa shape index (κ3) is 23.6. The van der Waals surface area contributed by atoms with Gasteiger partial charge >= 0.3 is 0 Å². The molecule has 0 unspecified atom stereocenters. The number of hydrogen-bond acceptors (Lipinski definition) is 5. The summed E-state index contributed by atoms with van der Waals surface area (Å²) in [6.45, 7) is 16.4. The van der Waals surface area contributed by atoms with E-state index in [-0.39, 0.29) is 5.92 Å². The van der Waals surface area contributed by atoms with E-state index in [9.17, 15) is 0 Å². The van der Waals surface area contributed by atoms with Crippen molar-refractivity contribution < 1.29 is 0 Å². The van der Waals surface area contributed by atoms with Gasteiger partial charge in [-0.25, -0.2) is 0 Å². The second-order valence-corrected chi connectivity index (χ2v) is 8.01. The first-order chi connectivity index (χ1) is 12.4. The van der Waals surface area contributed by atoms with Crippen molar-refractivity contribution in [1.29, 1.82) is 15.8 Å². The Morgan fingerprint density at radius 2 is 1.30 bits per heavy atom. The smallest absolute Gasteiger partial charge is 0.0967 e. The molecule has 0 atom stereocenters. The lowest BCUT2D eigenvalue weighted by molar-refractivity contribution is 0.625. The fourth-order valence-electron chi connectivity index (χ4n) is 1.92. The molecule has 0 aliphatic heterocycles. The summed E-state index contributed by atoms with van der Waals surface area (Å²) in [7, 11) is 0. The second kappa shape index (κ2) is 18.3. The minimum absolute atomic E-state index is 0.244. The molecule has 5 heteroatoms. The summed E-state index contributed by atoms with van der Waals surface area (Å²) in [5.74, 6) is 1.84. The molecule has 0 aliphatic carbocycles. The van der Waals surface area contributed by atoms with E-state index in [0.29, 0.717) is 29.9 Å². The summed E-state index contributed by atoms with van der Waals surface area (Å²) < 4.78 is 0. The lowest BCUT2D eigenvalue weighted by Gasteiger charge is -2.10. The van der Waals surface area contributed by atoms with Crippen molar-refractivity contribution in [1.82, 2.24) is 0 Å². The second-order valence-electron chi connectivity index (χ2n) is 8.01. The normalized spacial score (nSPS) is 11.5. The van der Waals surface area contributed by atoms with Crippen molar-refractivity contribution in [2.24, 2.45) is 35.1 Å². The van der Waals surface area contributed by atoms with Crippen LogP contribution in [0.5, 0.6) is 0 Å². The number of nitriles is 3. The minimum atomic E-state index is 0.244. The molecule has 0 fully saturated rings. The molecule has 0 saturated carbocycles. The highest BCUT2D eigenvalue weighted by Crippen LogP contribution is 2.16. The van der Waals surface area contributed by atoms with Gasteiger partial charge in [0.05, 0.1) is 23.8 Å². The van der Waals surface area contributed by atoms with Crippen molar-refractivity contribution in [2.75, 3.05) is 0 Å². The van der Waals surface area contributed by atoms with Crippen LogP contribution in [0.25, 0.3) is 0 Å². The van der Waals surface area contributed by atoms with E-state index in [4.69, 9.17) is 27.3 Å². The van der Waals surface area contributed by atoms with Crippen LogP contribution in [0.3, 0.4) is 0 Å². The van der Waals surface area contributed by atoms with Gasteiger partial charge in [0.1, 0.15) is 0 Å². The van der Waals surface area contributed by atoms with Gasteiger partial charge in [-0.3, -0.25) is 0 Å². The SMILES string of the molecule is CC(C)C/C(N)=C(/C#N)C(C)C.CC(C)C/C(N)=C/C#N.CC(C)CC#N. The molecule has 0 rings (SSSR count). The number of nitrogens with zero attached hydrogens (tertiary/aromatic N) is 3. The Morgan fingerprint density at radius 3 is 1.52 bits per heavy atom. The number of nitrogens with two attached hydrogens (primary N) is 2. The molecule has 0 aromatic rings. The molecule has 0 amide bonds. The van der Waals surface area contributed by atoms with E-state index in [0.717, 1.165) is 24.1 Å². The average Bonchev–Trinajstić information content (AvgIpc) is 2.47. The molecule has 0 spiro atoms. The average molecular weight is 374 g/mol. The van der Waals surface area contributed by atoms with Crippen molar-refractivity contribution in [3.8, 4) is 18.2 Å². The van der Waals surface area contributed by atoms with Gasteiger partial charge in [0.25, 0.3) is 0 Å². The zero-order valence-corrected chi connectivity index (χ0v) is 18.5. The van der Waals surface area contributed by atoms with Crippen LogP contribution in [0.15, 0.2) is 23.0 Å². The molecule has 4 N–H and O–H groups in total. The van der Waals surface area contributed by atoms with Crippen molar-refractivity contribution in [2.45, 2.75) is 74.7 Å². The van der Waals surface area contributed by atoms with E-state index in [1.807, 2.05) is 33.8 Å². The van der Waals surface area contributed by atoms with Gasteiger partial charge in [-0.15, -0.1) is 0 Å². The van der Waals surface area contributed by atoms with Crippen LogP contribution >= 0.6 is 0 Å². The molecule has 27 heavy (non-hydrogen) atoms. The van der Waals surface area contributed by atoms with Crippen molar-refractivity contribution >= 4 is 0 Å². The van der Waals surface area contributed by atoms with Crippen LogP contribution in [-0.2, 0) is 0 Å². The van der Waals surface area contributed by atoms with Crippen molar-refractivity contribution in [3.63, 3.8) is 0 Å². The highest BCUT2D eigenvalue weighted by atomic mass is 14.6. The molecule has 0 aromatic heterocycles. The number of hydrogen-bond donors (Lipinski definition) is 2. The Kier molecular flexibility index (Phi) is 19.9. The van der Waals surface area contributed by atoms with E-state index in [1.54, 1.807) is 0 Å². The van der Waals surface area contributed by atoms with E-state index >= 15 is 0 Å². The standard InChI is InChI=1S/C10H18N2.C7H12N2.C5H9N/c1-7(2)5-10(12)9(6-11)8(3)4;1-6(2)5-7(9)3-4-8;1-5(2)3-4-6/h7-8H,5,12H2,1-4H3;3,6H,5,9H2,1-2H3;5H,3H2,1-2H3/b10-9+;7-3-;. The highest BCUT2D eigenvalue weighted by molar-refractivity contribution is 5.27. The zero-order chi connectivity index (χ0) is 22.0. The Morgan fingerprint density at radius 1 is 0.815 bits per heavy atom. The molecule has 0 aliphatic rings. The molecule has 152 valence electrons. The molecule has 0 heterocycles. The largest absolute Gasteiger partial charge is 0.401 e. The summed E-state index contributed by atoms with van der Waals surface area (Å²) in [6, 6.07) is 6.11. The van der Waals surface area contributed by atoms with Crippen LogP contribution in [0.2, 0.25) is 0 Å². The Labute approximate surface area is 167 Å². The zero-order valence-electron chi connectivity index (χ0n) is 18.5. The summed E-state index contributed by atoms with van der Waals surface area (Å²) in [4.78, 5) is 0. The van der Waals surface area contributed by atoms with Crippen LogP contribution in [0.1, 0.15) is 74.7 Å².